The van der Waals surface area contributed by atoms with Crippen LogP contribution in [0.2, 0.25) is 0 Å². The fourth-order valence-electron chi connectivity index (χ4n) is 2.53. The Morgan fingerprint density at radius 3 is 2.29 bits per heavy atom. The number of aromatic nitrogens is 1. The molecule has 5 nitrogen and oxygen atoms in total. The first kappa shape index (κ1) is 15.6. The summed E-state index contributed by atoms with van der Waals surface area (Å²) < 4.78 is 5.48. The number of hydrogen-bond acceptors (Lipinski definition) is 4. The maximum atomic E-state index is 12.3. The number of fused-ring (bicyclic) bond motifs is 1. The Morgan fingerprint density at radius 1 is 1.19 bits per heavy atom. The first-order chi connectivity index (χ1) is 9.60. The van der Waals surface area contributed by atoms with E-state index in [2.05, 4.69) is 11.9 Å². The molecule has 0 spiro atoms. The Kier molecular flexibility index (Phi) is 3.87. The van der Waals surface area contributed by atoms with E-state index in [9.17, 15) is 4.79 Å². The molecule has 0 radical (unpaired) electrons. The van der Waals surface area contributed by atoms with Gasteiger partial charge in [-0.1, -0.05) is 0 Å². The number of hydrogen-bond donors (Lipinski definition) is 0. The summed E-state index contributed by atoms with van der Waals surface area (Å²) in [4.78, 5) is 20.7. The lowest BCUT2D eigenvalue weighted by Gasteiger charge is -2.24. The van der Waals surface area contributed by atoms with Crippen LogP contribution in [0.15, 0.2) is 0 Å². The van der Waals surface area contributed by atoms with Gasteiger partial charge in [-0.25, -0.2) is 9.78 Å². The molecule has 1 aliphatic rings. The third kappa shape index (κ3) is 3.12. The highest BCUT2D eigenvalue weighted by molar-refractivity contribution is 5.71. The van der Waals surface area contributed by atoms with E-state index < -0.39 is 5.60 Å². The van der Waals surface area contributed by atoms with Crippen LogP contribution in [0.4, 0.5) is 10.6 Å². The van der Waals surface area contributed by atoms with Crippen molar-refractivity contribution in [2.45, 2.75) is 53.3 Å². The molecule has 1 amide bonds. The van der Waals surface area contributed by atoms with Gasteiger partial charge in [0.2, 0.25) is 0 Å². The number of carbonyl (C=O) groups is 1. The maximum Gasteiger partial charge on any atom is 0.410 e. The smallest absolute Gasteiger partial charge is 0.410 e. The predicted molar refractivity (Wildman–Crippen MR) is 83.5 cm³/mol. The van der Waals surface area contributed by atoms with Crippen molar-refractivity contribution in [3.63, 3.8) is 0 Å². The van der Waals surface area contributed by atoms with E-state index in [1.807, 2.05) is 46.7 Å². The second-order valence-corrected chi connectivity index (χ2v) is 6.83. The number of pyridine rings is 1. The van der Waals surface area contributed by atoms with Gasteiger partial charge in [0.1, 0.15) is 11.4 Å². The van der Waals surface area contributed by atoms with Crippen molar-refractivity contribution in [3.8, 4) is 0 Å². The highest BCUT2D eigenvalue weighted by Crippen LogP contribution is 2.33. The van der Waals surface area contributed by atoms with E-state index in [0.717, 1.165) is 17.1 Å². The molecule has 21 heavy (non-hydrogen) atoms. The van der Waals surface area contributed by atoms with Gasteiger partial charge in [0.25, 0.3) is 0 Å². The second-order valence-electron chi connectivity index (χ2n) is 6.83. The number of nitrogens with zero attached hydrogens (tertiary/aromatic N) is 3. The van der Waals surface area contributed by atoms with Crippen molar-refractivity contribution in [2.24, 2.45) is 0 Å². The molecule has 1 aliphatic heterocycles. The quantitative estimate of drug-likeness (QED) is 0.798. The van der Waals surface area contributed by atoms with E-state index in [1.54, 1.807) is 4.90 Å². The Hall–Kier alpha value is -1.78. The molecule has 2 heterocycles. The van der Waals surface area contributed by atoms with Crippen molar-refractivity contribution in [1.82, 2.24) is 9.88 Å². The van der Waals surface area contributed by atoms with Crippen LogP contribution < -0.4 is 4.90 Å². The van der Waals surface area contributed by atoms with E-state index in [4.69, 9.17) is 4.74 Å². The molecule has 0 saturated carbocycles. The van der Waals surface area contributed by atoms with Gasteiger partial charge in [0.15, 0.2) is 0 Å². The molecule has 116 valence electrons. The molecular formula is C16H25N3O2. The minimum Gasteiger partial charge on any atom is -0.444 e. The molecule has 0 bridgehead atoms. The number of amides is 1. The van der Waals surface area contributed by atoms with E-state index in [0.29, 0.717) is 13.1 Å². The lowest BCUT2D eigenvalue weighted by Crippen LogP contribution is -2.33. The summed E-state index contributed by atoms with van der Waals surface area (Å²) in [5, 5.41) is 0. The third-order valence-corrected chi connectivity index (χ3v) is 3.68. The highest BCUT2D eigenvalue weighted by atomic mass is 16.6. The molecule has 0 unspecified atom stereocenters. The van der Waals surface area contributed by atoms with Crippen LogP contribution in [0.5, 0.6) is 0 Å². The lowest BCUT2D eigenvalue weighted by molar-refractivity contribution is 0.0242. The Bertz CT molecular complexity index is 574. The van der Waals surface area contributed by atoms with Crippen LogP contribution in [0.1, 0.15) is 43.2 Å². The van der Waals surface area contributed by atoms with Crippen LogP contribution in [-0.4, -0.2) is 35.7 Å². The van der Waals surface area contributed by atoms with Gasteiger partial charge in [-0.2, -0.15) is 0 Å². The van der Waals surface area contributed by atoms with Crippen LogP contribution in [0.25, 0.3) is 0 Å². The SMILES string of the molecule is Cc1nc(N(C)C)c2c(c1C)CN(C(=O)OC(C)(C)C)C2. The minimum absolute atomic E-state index is 0.263. The molecule has 1 aromatic rings. The van der Waals surface area contributed by atoms with Crippen molar-refractivity contribution in [3.05, 3.63) is 22.4 Å². The third-order valence-electron chi connectivity index (χ3n) is 3.68. The number of anilines is 1. The predicted octanol–water partition coefficient (Wildman–Crippen LogP) is 3.02. The number of aryl methyl sites for hydroxylation is 1. The fourth-order valence-corrected chi connectivity index (χ4v) is 2.53. The Labute approximate surface area is 126 Å². The van der Waals surface area contributed by atoms with Crippen LogP contribution in [0, 0.1) is 13.8 Å². The molecule has 0 N–H and O–H groups in total. The van der Waals surface area contributed by atoms with Gasteiger partial charge in [0.05, 0.1) is 13.1 Å². The fraction of sp³-hybridized carbons (Fsp3) is 0.625. The standard InChI is InChI=1S/C16H25N3O2/c1-10-11(2)17-14(18(6)7)13-9-19(8-12(10)13)15(20)21-16(3,4)5/h8-9H2,1-7H3. The van der Waals surface area contributed by atoms with Crippen LogP contribution >= 0.6 is 0 Å². The molecule has 2 rings (SSSR count). The van der Waals surface area contributed by atoms with Gasteiger partial charge < -0.3 is 9.64 Å². The molecule has 0 atom stereocenters. The first-order valence-corrected chi connectivity index (χ1v) is 7.24. The topological polar surface area (TPSA) is 45.7 Å². The molecule has 5 heteroatoms. The van der Waals surface area contributed by atoms with Gasteiger partial charge in [-0.05, 0) is 45.7 Å². The van der Waals surface area contributed by atoms with E-state index in [1.165, 1.54) is 11.1 Å². The summed E-state index contributed by atoms with van der Waals surface area (Å²) in [6, 6.07) is 0. The highest BCUT2D eigenvalue weighted by Gasteiger charge is 2.31. The number of rotatable bonds is 1. The van der Waals surface area contributed by atoms with Crippen molar-refractivity contribution < 1.29 is 9.53 Å². The average Bonchev–Trinajstić information content (AvgIpc) is 2.76. The van der Waals surface area contributed by atoms with E-state index >= 15 is 0 Å². The molecule has 0 fully saturated rings. The zero-order valence-corrected chi connectivity index (χ0v) is 14.1. The monoisotopic (exact) mass is 291 g/mol. The minimum atomic E-state index is -0.473. The summed E-state index contributed by atoms with van der Waals surface area (Å²) in [6.45, 7) is 10.9. The van der Waals surface area contributed by atoms with Crippen LogP contribution in [-0.2, 0) is 17.8 Å². The van der Waals surface area contributed by atoms with Crippen molar-refractivity contribution >= 4 is 11.9 Å². The van der Waals surface area contributed by atoms with Crippen LogP contribution in [0.3, 0.4) is 0 Å². The zero-order valence-electron chi connectivity index (χ0n) is 14.1. The second kappa shape index (κ2) is 5.20. The van der Waals surface area contributed by atoms with Gasteiger partial charge in [-0.15, -0.1) is 0 Å². The lowest BCUT2D eigenvalue weighted by atomic mass is 10.0. The summed E-state index contributed by atoms with van der Waals surface area (Å²) in [6.07, 6.45) is -0.263. The van der Waals surface area contributed by atoms with Gasteiger partial charge in [0, 0.05) is 25.4 Å². The van der Waals surface area contributed by atoms with Gasteiger partial charge >= 0.3 is 6.09 Å². The largest absolute Gasteiger partial charge is 0.444 e. The summed E-state index contributed by atoms with van der Waals surface area (Å²) in [5.41, 5.74) is 4.05. The Balaban J connectivity index is 2.32. The molecule has 0 saturated heterocycles. The summed E-state index contributed by atoms with van der Waals surface area (Å²) in [5.74, 6) is 0.944. The maximum absolute atomic E-state index is 12.3. The number of carbonyl (C=O) groups excluding carboxylic acids is 1. The van der Waals surface area contributed by atoms with Gasteiger partial charge in [-0.3, -0.25) is 4.90 Å². The summed E-state index contributed by atoms with van der Waals surface area (Å²) >= 11 is 0. The van der Waals surface area contributed by atoms with Crippen molar-refractivity contribution in [2.75, 3.05) is 19.0 Å². The molecule has 0 aliphatic carbocycles. The normalized spacial score (nSPS) is 14.1. The zero-order chi connectivity index (χ0) is 15.9. The average molecular weight is 291 g/mol. The number of ether oxygens (including phenoxy) is 1. The molecule has 0 aromatic carbocycles. The Morgan fingerprint density at radius 2 is 1.76 bits per heavy atom. The van der Waals surface area contributed by atoms with E-state index in [-0.39, 0.29) is 6.09 Å². The molecular weight excluding hydrogens is 266 g/mol. The summed E-state index contributed by atoms with van der Waals surface area (Å²) in [7, 11) is 3.96. The molecule has 1 aromatic heterocycles. The van der Waals surface area contributed by atoms with Crippen molar-refractivity contribution in [1.29, 1.82) is 0 Å². The first-order valence-electron chi connectivity index (χ1n) is 7.24.